The number of hydrogen-bond acceptors (Lipinski definition) is 6. The molecule has 3 rings (SSSR count). The number of nitrogens with one attached hydrogen (secondary N) is 1. The third kappa shape index (κ3) is 5.37. The fourth-order valence-electron chi connectivity index (χ4n) is 2.70. The normalized spacial score (nSPS) is 11.9. The van der Waals surface area contributed by atoms with Gasteiger partial charge in [0.05, 0.1) is 29.5 Å². The summed E-state index contributed by atoms with van der Waals surface area (Å²) < 4.78 is 70.0. The maximum absolute atomic E-state index is 13.6. The third-order valence-electron chi connectivity index (χ3n) is 4.07. The summed E-state index contributed by atoms with van der Waals surface area (Å²) in [6, 6.07) is 4.24. The third-order valence-corrected chi connectivity index (χ3v) is 5.38. The molecule has 0 aliphatic rings. The zero-order valence-corrected chi connectivity index (χ0v) is 18.2. The van der Waals surface area contributed by atoms with Crippen LogP contribution in [0.5, 0.6) is 5.75 Å². The lowest BCUT2D eigenvalue weighted by molar-refractivity contribution is -0.142. The lowest BCUT2D eigenvalue weighted by atomic mass is 10.2. The molecule has 0 aliphatic carbocycles. The Morgan fingerprint density at radius 2 is 1.84 bits per heavy atom. The van der Waals surface area contributed by atoms with Crippen molar-refractivity contribution in [1.29, 1.82) is 0 Å². The number of ether oxygens (including phenoxy) is 1. The Morgan fingerprint density at radius 3 is 2.41 bits per heavy atom. The van der Waals surface area contributed by atoms with Gasteiger partial charge >= 0.3 is 6.18 Å². The van der Waals surface area contributed by atoms with E-state index in [0.717, 1.165) is 18.5 Å². The maximum Gasteiger partial charge on any atom is 0.431 e. The van der Waals surface area contributed by atoms with Gasteiger partial charge in [0, 0.05) is 23.2 Å². The molecule has 32 heavy (non-hydrogen) atoms. The summed E-state index contributed by atoms with van der Waals surface area (Å²) in [7, 11) is -3.63. The number of nitrogens with zero attached hydrogens (tertiary/aromatic N) is 3. The molecule has 0 spiro atoms. The van der Waals surface area contributed by atoms with Gasteiger partial charge in [-0.05, 0) is 31.2 Å². The van der Waals surface area contributed by atoms with Gasteiger partial charge in [0.15, 0.2) is 15.6 Å². The SMILES string of the molecule is CCOc1cnc(-n2cc(C(=O)Nc3cc(Cl)cc(S(C)(=O)=O)c3)cc2C(F)(F)F)nc1. The first-order valence-corrected chi connectivity index (χ1v) is 11.2. The van der Waals surface area contributed by atoms with Gasteiger partial charge in [0.25, 0.3) is 5.91 Å². The minimum Gasteiger partial charge on any atom is -0.491 e. The zero-order valence-electron chi connectivity index (χ0n) is 16.6. The first kappa shape index (κ1) is 23.5. The summed E-state index contributed by atoms with van der Waals surface area (Å²) in [6.07, 6.45) is -0.499. The molecule has 0 bridgehead atoms. The van der Waals surface area contributed by atoms with Gasteiger partial charge in [0.1, 0.15) is 5.69 Å². The molecule has 3 aromatic rings. The van der Waals surface area contributed by atoms with Crippen molar-refractivity contribution in [2.24, 2.45) is 0 Å². The van der Waals surface area contributed by atoms with Gasteiger partial charge in [-0.15, -0.1) is 0 Å². The van der Waals surface area contributed by atoms with E-state index in [4.69, 9.17) is 16.3 Å². The predicted octanol–water partition coefficient (Wildman–Crippen LogP) is 3.99. The molecule has 13 heteroatoms. The highest BCUT2D eigenvalue weighted by molar-refractivity contribution is 7.90. The highest BCUT2D eigenvalue weighted by Gasteiger charge is 2.36. The molecule has 0 atom stereocenters. The number of hydrogen-bond donors (Lipinski definition) is 1. The number of anilines is 1. The van der Waals surface area contributed by atoms with Crippen molar-refractivity contribution < 1.29 is 31.1 Å². The highest BCUT2D eigenvalue weighted by Crippen LogP contribution is 2.32. The van der Waals surface area contributed by atoms with Gasteiger partial charge in [-0.1, -0.05) is 11.6 Å². The number of halogens is 4. The molecular weight excluding hydrogens is 473 g/mol. The van der Waals surface area contributed by atoms with Gasteiger partial charge in [-0.2, -0.15) is 13.2 Å². The second-order valence-electron chi connectivity index (χ2n) is 6.54. The Bertz CT molecular complexity index is 1260. The lowest BCUT2D eigenvalue weighted by Crippen LogP contribution is -2.13. The minimum atomic E-state index is -4.81. The molecule has 0 saturated heterocycles. The van der Waals surface area contributed by atoms with Crippen LogP contribution in [0.2, 0.25) is 5.02 Å². The van der Waals surface area contributed by atoms with Crippen LogP contribution in [0.1, 0.15) is 23.0 Å². The number of carbonyl (C=O) groups is 1. The van der Waals surface area contributed by atoms with E-state index in [1.54, 1.807) is 6.92 Å². The number of carbonyl (C=O) groups excluding carboxylic acids is 1. The fraction of sp³-hybridized carbons (Fsp3) is 0.211. The number of benzene rings is 1. The average Bonchev–Trinajstić information content (AvgIpc) is 3.14. The van der Waals surface area contributed by atoms with E-state index in [1.165, 1.54) is 24.5 Å². The summed E-state index contributed by atoms with van der Waals surface area (Å²) in [5.74, 6) is -0.957. The van der Waals surface area contributed by atoms with Crippen molar-refractivity contribution in [2.75, 3.05) is 18.2 Å². The largest absolute Gasteiger partial charge is 0.491 e. The maximum atomic E-state index is 13.6. The quantitative estimate of drug-likeness (QED) is 0.562. The molecule has 0 unspecified atom stereocenters. The first-order chi connectivity index (χ1) is 14.9. The van der Waals surface area contributed by atoms with Crippen LogP contribution in [0, 0.1) is 0 Å². The molecule has 1 amide bonds. The van der Waals surface area contributed by atoms with Crippen LogP contribution in [0.25, 0.3) is 5.95 Å². The summed E-state index contributed by atoms with van der Waals surface area (Å²) in [5, 5.41) is 2.38. The Kier molecular flexibility index (Phi) is 6.46. The number of amides is 1. The molecule has 2 heterocycles. The van der Waals surface area contributed by atoms with Crippen LogP contribution in [-0.4, -0.2) is 41.7 Å². The fourth-order valence-corrected chi connectivity index (χ4v) is 3.68. The smallest absolute Gasteiger partial charge is 0.431 e. The lowest BCUT2D eigenvalue weighted by Gasteiger charge is -2.10. The zero-order chi connectivity index (χ0) is 23.7. The standard InChI is InChI=1S/C19H16ClF3N4O4S/c1-3-31-14-8-24-18(25-9-14)27-10-11(4-16(27)19(21,22)23)17(28)26-13-5-12(20)6-15(7-13)32(2,29)30/h4-10H,3H2,1-2H3,(H,26,28). The number of alkyl halides is 3. The highest BCUT2D eigenvalue weighted by atomic mass is 35.5. The number of rotatable bonds is 6. The molecule has 0 saturated carbocycles. The molecule has 0 aliphatic heterocycles. The molecule has 170 valence electrons. The predicted molar refractivity (Wildman–Crippen MR) is 110 cm³/mol. The Balaban J connectivity index is 1.97. The second kappa shape index (κ2) is 8.79. The molecule has 1 N–H and O–H groups in total. The molecule has 0 fully saturated rings. The Labute approximate surface area is 185 Å². The first-order valence-electron chi connectivity index (χ1n) is 8.95. The topological polar surface area (TPSA) is 103 Å². The van der Waals surface area contributed by atoms with E-state index in [0.29, 0.717) is 17.2 Å². The number of aromatic nitrogens is 3. The van der Waals surface area contributed by atoms with E-state index >= 15 is 0 Å². The van der Waals surface area contributed by atoms with Crippen molar-refractivity contribution in [1.82, 2.24) is 14.5 Å². The summed E-state index contributed by atoms with van der Waals surface area (Å²) in [5.41, 5.74) is -1.52. The van der Waals surface area contributed by atoms with Crippen LogP contribution >= 0.6 is 11.6 Å². The Morgan fingerprint density at radius 1 is 1.19 bits per heavy atom. The van der Waals surface area contributed by atoms with E-state index in [1.807, 2.05) is 0 Å². The van der Waals surface area contributed by atoms with E-state index in [-0.39, 0.29) is 32.9 Å². The van der Waals surface area contributed by atoms with E-state index in [2.05, 4.69) is 15.3 Å². The van der Waals surface area contributed by atoms with Crippen LogP contribution in [0.3, 0.4) is 0 Å². The molecule has 0 radical (unpaired) electrons. The van der Waals surface area contributed by atoms with Gasteiger partial charge in [0.2, 0.25) is 5.95 Å². The van der Waals surface area contributed by atoms with Crippen LogP contribution in [0.15, 0.2) is 47.8 Å². The summed E-state index contributed by atoms with van der Waals surface area (Å²) >= 11 is 5.89. The molecule has 8 nitrogen and oxygen atoms in total. The van der Waals surface area contributed by atoms with Crippen LogP contribution < -0.4 is 10.1 Å². The molecular formula is C19H16ClF3N4O4S. The minimum absolute atomic E-state index is 0.00144. The van der Waals surface area contributed by atoms with Crippen molar-refractivity contribution in [2.45, 2.75) is 18.0 Å². The summed E-state index contributed by atoms with van der Waals surface area (Å²) in [6.45, 7) is 2.06. The molecule has 2 aromatic heterocycles. The summed E-state index contributed by atoms with van der Waals surface area (Å²) in [4.78, 5) is 20.2. The van der Waals surface area contributed by atoms with Crippen LogP contribution in [0.4, 0.5) is 18.9 Å². The van der Waals surface area contributed by atoms with Crippen molar-refractivity contribution >= 4 is 33.0 Å². The van der Waals surface area contributed by atoms with Gasteiger partial charge in [-0.3, -0.25) is 9.36 Å². The molecule has 1 aromatic carbocycles. The average molecular weight is 489 g/mol. The van der Waals surface area contributed by atoms with Crippen LogP contribution in [-0.2, 0) is 16.0 Å². The van der Waals surface area contributed by atoms with Crippen molar-refractivity contribution in [3.8, 4) is 11.7 Å². The van der Waals surface area contributed by atoms with Crippen molar-refractivity contribution in [3.05, 3.63) is 59.1 Å². The van der Waals surface area contributed by atoms with Crippen molar-refractivity contribution in [3.63, 3.8) is 0 Å². The van der Waals surface area contributed by atoms with E-state index < -0.39 is 27.6 Å². The Hall–Kier alpha value is -3.12. The second-order valence-corrected chi connectivity index (χ2v) is 8.99. The van der Waals surface area contributed by atoms with Gasteiger partial charge in [-0.25, -0.2) is 18.4 Å². The number of sulfone groups is 1. The van der Waals surface area contributed by atoms with Gasteiger partial charge < -0.3 is 10.1 Å². The monoisotopic (exact) mass is 488 g/mol. The van der Waals surface area contributed by atoms with E-state index in [9.17, 15) is 26.4 Å².